The quantitative estimate of drug-likeness (QED) is 0.733. The first kappa shape index (κ1) is 14.4. The first-order valence-corrected chi connectivity index (χ1v) is 7.86. The van der Waals surface area contributed by atoms with Gasteiger partial charge < -0.3 is 9.88 Å². The van der Waals surface area contributed by atoms with Crippen molar-refractivity contribution in [1.29, 1.82) is 0 Å². The molecule has 1 N–H and O–H groups in total. The zero-order valence-electron chi connectivity index (χ0n) is 12.6. The minimum atomic E-state index is -0.448. The number of fused-ring (bicyclic) bond motifs is 3. The van der Waals surface area contributed by atoms with E-state index in [0.29, 0.717) is 11.0 Å². The van der Waals surface area contributed by atoms with Crippen LogP contribution in [0.2, 0.25) is 5.02 Å². The molecule has 3 aromatic rings. The smallest absolute Gasteiger partial charge is 0.225 e. The summed E-state index contributed by atoms with van der Waals surface area (Å²) < 4.78 is 13.5. The Hall–Kier alpha value is -2.21. The van der Waals surface area contributed by atoms with E-state index in [9.17, 15) is 4.39 Å². The van der Waals surface area contributed by atoms with Gasteiger partial charge in [0.15, 0.2) is 0 Å². The molecule has 0 aromatic carbocycles. The van der Waals surface area contributed by atoms with Crippen molar-refractivity contribution in [2.45, 2.75) is 25.3 Å². The summed E-state index contributed by atoms with van der Waals surface area (Å²) in [7, 11) is 1.97. The van der Waals surface area contributed by atoms with Gasteiger partial charge in [0, 0.05) is 24.3 Å². The van der Waals surface area contributed by atoms with Crippen LogP contribution >= 0.6 is 11.6 Å². The third-order valence-electron chi connectivity index (χ3n) is 4.43. The molecule has 0 bridgehead atoms. The van der Waals surface area contributed by atoms with E-state index in [1.54, 1.807) is 18.5 Å². The number of anilines is 1. The first-order valence-electron chi connectivity index (χ1n) is 7.48. The fourth-order valence-corrected chi connectivity index (χ4v) is 3.31. The molecule has 1 unspecified atom stereocenters. The van der Waals surface area contributed by atoms with Gasteiger partial charge in [0.1, 0.15) is 0 Å². The van der Waals surface area contributed by atoms with Crippen LogP contribution in [0.25, 0.3) is 11.0 Å². The maximum Gasteiger partial charge on any atom is 0.225 e. The topological polar surface area (TPSA) is 57.7 Å². The molecule has 7 heteroatoms. The summed E-state index contributed by atoms with van der Waals surface area (Å²) in [5.41, 5.74) is 3.87. The minimum absolute atomic E-state index is 0.243. The van der Waals surface area contributed by atoms with E-state index >= 15 is 0 Å². The number of nitrogens with one attached hydrogen (secondary N) is 1. The average molecular weight is 332 g/mol. The Morgan fingerprint density at radius 3 is 2.87 bits per heavy atom. The zero-order chi connectivity index (χ0) is 16.0. The summed E-state index contributed by atoms with van der Waals surface area (Å²) >= 11 is 5.84. The van der Waals surface area contributed by atoms with Crippen LogP contribution in [0.5, 0.6) is 0 Å². The number of aromatic amines is 1. The lowest BCUT2D eigenvalue weighted by Crippen LogP contribution is -2.37. The summed E-state index contributed by atoms with van der Waals surface area (Å²) in [5, 5.41) is 0.518. The average Bonchev–Trinajstić information content (AvgIpc) is 2.92. The minimum Gasteiger partial charge on any atom is -0.357 e. The number of likely N-dealkylation sites (N-methyl/N-ethyl adjacent to an activating group) is 1. The zero-order valence-corrected chi connectivity index (χ0v) is 13.3. The number of rotatable bonds is 2. The van der Waals surface area contributed by atoms with Crippen molar-refractivity contribution in [1.82, 2.24) is 19.9 Å². The Kier molecular flexibility index (Phi) is 3.41. The number of hydrogen-bond acceptors (Lipinski definition) is 4. The molecule has 0 saturated carbocycles. The maximum atomic E-state index is 13.5. The largest absolute Gasteiger partial charge is 0.357 e. The molecular formula is C16H15ClFN5. The highest BCUT2D eigenvalue weighted by Gasteiger charge is 2.27. The molecule has 118 valence electrons. The third kappa shape index (κ3) is 2.53. The Balaban J connectivity index is 1.66. The molecule has 1 aliphatic rings. The van der Waals surface area contributed by atoms with Crippen LogP contribution in [-0.2, 0) is 12.8 Å². The summed E-state index contributed by atoms with van der Waals surface area (Å²) in [5.74, 6) is 0.192. The van der Waals surface area contributed by atoms with Gasteiger partial charge in [-0.25, -0.2) is 15.0 Å². The van der Waals surface area contributed by atoms with Gasteiger partial charge in [0.2, 0.25) is 11.9 Å². The van der Waals surface area contributed by atoms with Crippen molar-refractivity contribution in [3.05, 3.63) is 46.8 Å². The maximum absolute atomic E-state index is 13.5. The van der Waals surface area contributed by atoms with E-state index in [1.165, 1.54) is 6.07 Å². The predicted octanol–water partition coefficient (Wildman–Crippen LogP) is 3.14. The Bertz CT molecular complexity index is 861. The fourth-order valence-electron chi connectivity index (χ4n) is 3.21. The van der Waals surface area contributed by atoms with Gasteiger partial charge in [-0.15, -0.1) is 0 Å². The number of aryl methyl sites for hydroxylation is 1. The number of aromatic nitrogens is 4. The lowest BCUT2D eigenvalue weighted by Gasteiger charge is -2.31. The molecule has 3 heterocycles. The monoisotopic (exact) mass is 331 g/mol. The second-order valence-corrected chi connectivity index (χ2v) is 6.26. The number of pyridine rings is 1. The van der Waals surface area contributed by atoms with Gasteiger partial charge in [-0.1, -0.05) is 11.6 Å². The van der Waals surface area contributed by atoms with Gasteiger partial charge >= 0.3 is 0 Å². The number of nitrogens with zero attached hydrogens (tertiary/aromatic N) is 4. The van der Waals surface area contributed by atoms with Crippen LogP contribution in [0, 0.1) is 5.95 Å². The molecule has 23 heavy (non-hydrogen) atoms. The summed E-state index contributed by atoms with van der Waals surface area (Å²) in [6.45, 7) is 0. The standard InChI is InChI=1S/C16H15ClFN5/c1-23(16-19-7-9(17)8-20-16)10-2-3-12-11(6-10)15-13(21-12)4-5-14(18)22-15/h4-5,7-8,10,21H,2-3,6H2,1H3. The van der Waals surface area contributed by atoms with Gasteiger partial charge in [-0.2, -0.15) is 4.39 Å². The molecule has 5 nitrogen and oxygen atoms in total. The van der Waals surface area contributed by atoms with Crippen LogP contribution in [0.1, 0.15) is 17.7 Å². The highest BCUT2D eigenvalue weighted by atomic mass is 35.5. The van der Waals surface area contributed by atoms with Crippen LogP contribution in [0.15, 0.2) is 24.5 Å². The van der Waals surface area contributed by atoms with Gasteiger partial charge in [-0.05, 0) is 31.4 Å². The molecule has 1 atom stereocenters. The van der Waals surface area contributed by atoms with Crippen molar-refractivity contribution in [3.63, 3.8) is 0 Å². The van der Waals surface area contributed by atoms with E-state index in [4.69, 9.17) is 11.6 Å². The van der Waals surface area contributed by atoms with Crippen molar-refractivity contribution in [2.24, 2.45) is 0 Å². The van der Waals surface area contributed by atoms with Crippen LogP contribution in [0.3, 0.4) is 0 Å². The van der Waals surface area contributed by atoms with Gasteiger partial charge in [0.05, 0.1) is 28.4 Å². The number of halogens is 2. The first-order chi connectivity index (χ1) is 11.1. The van der Waals surface area contributed by atoms with E-state index in [-0.39, 0.29) is 6.04 Å². The molecular weight excluding hydrogens is 317 g/mol. The molecule has 1 aliphatic carbocycles. The molecule has 0 spiro atoms. The van der Waals surface area contributed by atoms with Crippen molar-refractivity contribution in [2.75, 3.05) is 11.9 Å². The van der Waals surface area contributed by atoms with E-state index in [1.807, 2.05) is 7.05 Å². The Morgan fingerprint density at radius 2 is 2.09 bits per heavy atom. The number of hydrogen-bond donors (Lipinski definition) is 1. The number of H-pyrrole nitrogens is 1. The summed E-state index contributed by atoms with van der Waals surface area (Å²) in [6.07, 6.45) is 5.85. The van der Waals surface area contributed by atoms with E-state index in [0.717, 1.165) is 41.6 Å². The summed E-state index contributed by atoms with van der Waals surface area (Å²) in [4.78, 5) is 18.0. The summed E-state index contributed by atoms with van der Waals surface area (Å²) in [6, 6.07) is 3.37. The lowest BCUT2D eigenvalue weighted by atomic mass is 9.92. The van der Waals surface area contributed by atoms with Crippen molar-refractivity contribution >= 4 is 28.6 Å². The third-order valence-corrected chi connectivity index (χ3v) is 4.63. The van der Waals surface area contributed by atoms with Crippen molar-refractivity contribution in [3.8, 4) is 0 Å². The molecule has 3 aromatic heterocycles. The Morgan fingerprint density at radius 1 is 1.30 bits per heavy atom. The van der Waals surface area contributed by atoms with E-state index in [2.05, 4.69) is 24.8 Å². The van der Waals surface area contributed by atoms with Crippen LogP contribution < -0.4 is 4.90 Å². The molecule has 0 saturated heterocycles. The van der Waals surface area contributed by atoms with Crippen molar-refractivity contribution < 1.29 is 4.39 Å². The molecule has 0 amide bonds. The molecule has 0 fully saturated rings. The van der Waals surface area contributed by atoms with Gasteiger partial charge in [0.25, 0.3) is 0 Å². The highest BCUT2D eigenvalue weighted by Crippen LogP contribution is 2.30. The Labute approximate surface area is 137 Å². The highest BCUT2D eigenvalue weighted by molar-refractivity contribution is 6.30. The fraction of sp³-hybridized carbons (Fsp3) is 0.312. The van der Waals surface area contributed by atoms with Crippen LogP contribution in [-0.4, -0.2) is 33.0 Å². The molecule has 0 aliphatic heterocycles. The van der Waals surface area contributed by atoms with Gasteiger partial charge in [-0.3, -0.25) is 0 Å². The normalized spacial score (nSPS) is 17.3. The molecule has 4 rings (SSSR count). The predicted molar refractivity (Wildman–Crippen MR) is 87.3 cm³/mol. The molecule has 0 radical (unpaired) electrons. The second kappa shape index (κ2) is 5.45. The van der Waals surface area contributed by atoms with Crippen LogP contribution in [0.4, 0.5) is 10.3 Å². The lowest BCUT2D eigenvalue weighted by molar-refractivity contribution is 0.537. The second-order valence-electron chi connectivity index (χ2n) is 5.82. The SMILES string of the molecule is CN(c1ncc(Cl)cn1)C1CCc2[nH]c3ccc(F)nc3c2C1. The van der Waals surface area contributed by atoms with E-state index < -0.39 is 5.95 Å².